The van der Waals surface area contributed by atoms with E-state index in [-0.39, 0.29) is 5.69 Å². The van der Waals surface area contributed by atoms with E-state index >= 15 is 0 Å². The summed E-state index contributed by atoms with van der Waals surface area (Å²) in [6.07, 6.45) is 0. The van der Waals surface area contributed by atoms with E-state index in [1.807, 2.05) is 30.3 Å². The molecule has 0 aliphatic heterocycles. The summed E-state index contributed by atoms with van der Waals surface area (Å²) in [5, 5.41) is 0.350. The van der Waals surface area contributed by atoms with E-state index in [1.165, 1.54) is 11.3 Å². The third-order valence-electron chi connectivity index (χ3n) is 1.91. The van der Waals surface area contributed by atoms with Crippen LogP contribution in [0.5, 0.6) is 0 Å². The lowest BCUT2D eigenvalue weighted by Gasteiger charge is -1.97. The van der Waals surface area contributed by atoms with Crippen molar-refractivity contribution >= 4 is 22.4 Å². The number of anilines is 1. The molecule has 4 N–H and O–H groups in total. The van der Waals surface area contributed by atoms with Crippen molar-refractivity contribution in [2.45, 2.75) is 0 Å². The summed E-state index contributed by atoms with van der Waals surface area (Å²) in [4.78, 5) is 15.8. The third kappa shape index (κ3) is 1.82. The number of primary amides is 1. The summed E-state index contributed by atoms with van der Waals surface area (Å²) in [6, 6.07) is 9.45. The molecule has 0 atom stereocenters. The fourth-order valence-electron chi connectivity index (χ4n) is 1.29. The standard InChI is InChI=1S/C10H9N3OS/c11-9(14)7-8(15-10(12)13-7)6-4-2-1-3-5-6/h1-5H,(H2,11,14)(H2,12,13). The maximum Gasteiger partial charge on any atom is 0.268 e. The van der Waals surface area contributed by atoms with E-state index < -0.39 is 5.91 Å². The van der Waals surface area contributed by atoms with Crippen LogP contribution in [0.15, 0.2) is 30.3 Å². The number of nitrogens with zero attached hydrogens (tertiary/aromatic N) is 1. The molecule has 15 heavy (non-hydrogen) atoms. The van der Waals surface area contributed by atoms with Gasteiger partial charge in [-0.05, 0) is 5.56 Å². The highest BCUT2D eigenvalue weighted by Crippen LogP contribution is 2.31. The lowest BCUT2D eigenvalue weighted by molar-refractivity contribution is 0.0997. The first-order chi connectivity index (χ1) is 7.18. The Morgan fingerprint density at radius 2 is 1.93 bits per heavy atom. The van der Waals surface area contributed by atoms with E-state index in [9.17, 15) is 4.79 Å². The number of hydrogen-bond donors (Lipinski definition) is 2. The fourth-order valence-corrected chi connectivity index (χ4v) is 2.13. The highest BCUT2D eigenvalue weighted by atomic mass is 32.1. The molecule has 0 aliphatic rings. The number of carbonyl (C=O) groups excluding carboxylic acids is 1. The average molecular weight is 219 g/mol. The van der Waals surface area contributed by atoms with Gasteiger partial charge < -0.3 is 11.5 Å². The van der Waals surface area contributed by atoms with Gasteiger partial charge in [0, 0.05) is 0 Å². The Bertz CT molecular complexity index is 493. The van der Waals surface area contributed by atoms with Crippen molar-refractivity contribution in [1.29, 1.82) is 0 Å². The Morgan fingerprint density at radius 3 is 2.53 bits per heavy atom. The fraction of sp³-hybridized carbons (Fsp3) is 0. The van der Waals surface area contributed by atoms with Gasteiger partial charge in [0.25, 0.3) is 5.91 Å². The normalized spacial score (nSPS) is 10.1. The minimum atomic E-state index is -0.554. The van der Waals surface area contributed by atoms with E-state index in [1.54, 1.807) is 0 Å². The molecule has 1 aromatic heterocycles. The number of thiazole rings is 1. The van der Waals surface area contributed by atoms with Gasteiger partial charge in [-0.2, -0.15) is 0 Å². The molecule has 0 spiro atoms. The number of hydrogen-bond acceptors (Lipinski definition) is 4. The highest BCUT2D eigenvalue weighted by molar-refractivity contribution is 7.19. The quantitative estimate of drug-likeness (QED) is 0.802. The predicted molar refractivity (Wildman–Crippen MR) is 60.5 cm³/mol. The minimum absolute atomic E-state index is 0.240. The lowest BCUT2D eigenvalue weighted by atomic mass is 10.1. The minimum Gasteiger partial charge on any atom is -0.375 e. The Kier molecular flexibility index (Phi) is 2.39. The van der Waals surface area contributed by atoms with Gasteiger partial charge in [0.2, 0.25) is 0 Å². The van der Waals surface area contributed by atoms with Crippen LogP contribution in [0, 0.1) is 0 Å². The molecule has 2 aromatic rings. The zero-order valence-corrected chi connectivity index (χ0v) is 8.62. The molecule has 5 heteroatoms. The second-order valence-electron chi connectivity index (χ2n) is 2.96. The van der Waals surface area contributed by atoms with Gasteiger partial charge >= 0.3 is 0 Å². The largest absolute Gasteiger partial charge is 0.375 e. The van der Waals surface area contributed by atoms with Crippen LogP contribution >= 0.6 is 11.3 Å². The zero-order valence-electron chi connectivity index (χ0n) is 7.81. The van der Waals surface area contributed by atoms with Gasteiger partial charge in [0.15, 0.2) is 5.13 Å². The lowest BCUT2D eigenvalue weighted by Crippen LogP contribution is -2.12. The monoisotopic (exact) mass is 219 g/mol. The SMILES string of the molecule is NC(=O)c1nc(N)sc1-c1ccccc1. The first-order valence-corrected chi connectivity index (χ1v) is 5.11. The maximum absolute atomic E-state index is 11.1. The van der Waals surface area contributed by atoms with Crippen molar-refractivity contribution in [2.24, 2.45) is 5.73 Å². The maximum atomic E-state index is 11.1. The van der Waals surface area contributed by atoms with Gasteiger partial charge in [-0.3, -0.25) is 4.79 Å². The van der Waals surface area contributed by atoms with Crippen molar-refractivity contribution in [3.63, 3.8) is 0 Å². The molecule has 0 radical (unpaired) electrons. The molecule has 0 aliphatic carbocycles. The molecule has 4 nitrogen and oxygen atoms in total. The number of carbonyl (C=O) groups is 1. The number of nitrogens with two attached hydrogens (primary N) is 2. The summed E-state index contributed by atoms with van der Waals surface area (Å²) >= 11 is 1.26. The Hall–Kier alpha value is -1.88. The molecule has 76 valence electrons. The molecule has 0 bridgehead atoms. The Balaban J connectivity index is 2.58. The molecule has 0 saturated heterocycles. The van der Waals surface area contributed by atoms with Gasteiger partial charge in [-0.1, -0.05) is 41.7 Å². The van der Waals surface area contributed by atoms with E-state index in [2.05, 4.69) is 4.98 Å². The zero-order chi connectivity index (χ0) is 10.8. The highest BCUT2D eigenvalue weighted by Gasteiger charge is 2.15. The van der Waals surface area contributed by atoms with Crippen molar-refractivity contribution in [3.05, 3.63) is 36.0 Å². The van der Waals surface area contributed by atoms with Crippen molar-refractivity contribution in [2.75, 3.05) is 5.73 Å². The first-order valence-electron chi connectivity index (χ1n) is 4.30. The van der Waals surface area contributed by atoms with Crippen LogP contribution in [0.4, 0.5) is 5.13 Å². The van der Waals surface area contributed by atoms with E-state index in [4.69, 9.17) is 11.5 Å². The predicted octanol–water partition coefficient (Wildman–Crippen LogP) is 1.49. The van der Waals surface area contributed by atoms with Gasteiger partial charge in [0.05, 0.1) is 4.88 Å². The molecule has 0 fully saturated rings. The number of rotatable bonds is 2. The topological polar surface area (TPSA) is 82.0 Å². The average Bonchev–Trinajstić information content (AvgIpc) is 2.62. The smallest absolute Gasteiger partial charge is 0.268 e. The molecule has 1 heterocycles. The van der Waals surface area contributed by atoms with Crippen LogP contribution in [-0.4, -0.2) is 10.9 Å². The summed E-state index contributed by atoms with van der Waals surface area (Å²) in [6.45, 7) is 0. The van der Waals surface area contributed by atoms with Crippen molar-refractivity contribution in [3.8, 4) is 10.4 Å². The van der Waals surface area contributed by atoms with Crippen LogP contribution in [0.2, 0.25) is 0 Å². The molecule has 0 unspecified atom stereocenters. The van der Waals surface area contributed by atoms with Gasteiger partial charge in [-0.15, -0.1) is 0 Å². The molecule has 2 rings (SSSR count). The van der Waals surface area contributed by atoms with Crippen LogP contribution in [0.3, 0.4) is 0 Å². The summed E-state index contributed by atoms with van der Waals surface area (Å²) in [7, 11) is 0. The number of amides is 1. The molecule has 0 saturated carbocycles. The van der Waals surface area contributed by atoms with Crippen LogP contribution < -0.4 is 11.5 Å². The Labute approximate surface area is 90.6 Å². The van der Waals surface area contributed by atoms with E-state index in [0.29, 0.717) is 5.13 Å². The van der Waals surface area contributed by atoms with Crippen LogP contribution in [-0.2, 0) is 0 Å². The molecule has 1 aromatic carbocycles. The van der Waals surface area contributed by atoms with Gasteiger partial charge in [-0.25, -0.2) is 4.98 Å². The summed E-state index contributed by atoms with van der Waals surface area (Å²) in [5.41, 5.74) is 11.9. The van der Waals surface area contributed by atoms with Gasteiger partial charge in [0.1, 0.15) is 5.69 Å². The molecular formula is C10H9N3OS. The summed E-state index contributed by atoms with van der Waals surface area (Å²) < 4.78 is 0. The number of aromatic nitrogens is 1. The second kappa shape index (κ2) is 3.70. The number of nitrogen functional groups attached to an aromatic ring is 1. The van der Waals surface area contributed by atoms with E-state index in [0.717, 1.165) is 10.4 Å². The second-order valence-corrected chi connectivity index (χ2v) is 3.99. The van der Waals surface area contributed by atoms with Crippen molar-refractivity contribution < 1.29 is 4.79 Å². The third-order valence-corrected chi connectivity index (χ3v) is 2.85. The Morgan fingerprint density at radius 1 is 1.27 bits per heavy atom. The van der Waals surface area contributed by atoms with Crippen LogP contribution in [0.1, 0.15) is 10.5 Å². The summed E-state index contributed by atoms with van der Waals surface area (Å²) in [5.74, 6) is -0.554. The first kappa shape index (κ1) is 9.67. The number of benzene rings is 1. The molecular weight excluding hydrogens is 210 g/mol. The van der Waals surface area contributed by atoms with Crippen molar-refractivity contribution in [1.82, 2.24) is 4.98 Å². The molecule has 1 amide bonds. The van der Waals surface area contributed by atoms with Crippen LogP contribution in [0.25, 0.3) is 10.4 Å².